The molecule has 0 radical (unpaired) electrons. The molecule has 2 fully saturated rings. The third-order valence-corrected chi connectivity index (χ3v) is 7.12. The number of amides is 1. The molecule has 0 bridgehead atoms. The topological polar surface area (TPSA) is 36.0 Å². The Bertz CT molecular complexity index is 657. The van der Waals surface area contributed by atoms with Gasteiger partial charge in [0.15, 0.2) is 0 Å². The van der Waals surface area contributed by atoms with Gasteiger partial charge in [0.25, 0.3) is 0 Å². The third kappa shape index (κ3) is 3.72. The Morgan fingerprint density at radius 1 is 1.11 bits per heavy atom. The molecule has 5 heteroatoms. The highest BCUT2D eigenvalue weighted by Crippen LogP contribution is 2.37. The number of piperazine rings is 1. The number of nitrogens with zero attached hydrogens (tertiary/aromatic N) is 3. The molecule has 1 aromatic carbocycles. The number of fused-ring (bicyclic) bond motifs is 1. The molecule has 28 heavy (non-hydrogen) atoms. The van der Waals surface area contributed by atoms with Gasteiger partial charge in [0.1, 0.15) is 5.54 Å². The predicted molar refractivity (Wildman–Crippen MR) is 111 cm³/mol. The van der Waals surface area contributed by atoms with E-state index in [2.05, 4.69) is 45.9 Å². The summed E-state index contributed by atoms with van der Waals surface area (Å²) in [6.45, 7) is 9.93. The summed E-state index contributed by atoms with van der Waals surface area (Å²) in [4.78, 5) is 21.2. The van der Waals surface area contributed by atoms with E-state index in [9.17, 15) is 4.79 Å². The van der Waals surface area contributed by atoms with Crippen molar-refractivity contribution in [1.29, 1.82) is 0 Å². The Kier molecular flexibility index (Phi) is 6.04. The summed E-state index contributed by atoms with van der Waals surface area (Å²) in [5.41, 5.74) is 2.33. The standard InChI is InChI=1S/C23H35N3O2/c1-3-24-11-13-26(14-12-24)23(15-20-8-4-5-9-21(20)16-23)22(27)25-10-6-7-19(17-25)18-28-2/h4-5,8-9,19H,3,6-7,10-18H2,1-2H3/t19-/m0/s1. The largest absolute Gasteiger partial charge is 0.384 e. The molecule has 1 amide bonds. The summed E-state index contributed by atoms with van der Waals surface area (Å²) < 4.78 is 5.40. The van der Waals surface area contributed by atoms with Gasteiger partial charge >= 0.3 is 0 Å². The molecule has 2 heterocycles. The number of methoxy groups -OCH3 is 1. The molecule has 0 N–H and O–H groups in total. The maximum atomic E-state index is 14.0. The highest BCUT2D eigenvalue weighted by atomic mass is 16.5. The Hall–Kier alpha value is -1.43. The third-order valence-electron chi connectivity index (χ3n) is 7.12. The lowest BCUT2D eigenvalue weighted by Gasteiger charge is -2.47. The van der Waals surface area contributed by atoms with E-state index in [0.717, 1.165) is 71.7 Å². The number of benzene rings is 1. The van der Waals surface area contributed by atoms with Gasteiger partial charge in [0, 0.05) is 59.2 Å². The van der Waals surface area contributed by atoms with Crippen LogP contribution in [0, 0.1) is 5.92 Å². The first-order valence-corrected chi connectivity index (χ1v) is 11.0. The average molecular weight is 386 g/mol. The van der Waals surface area contributed by atoms with E-state index in [-0.39, 0.29) is 0 Å². The van der Waals surface area contributed by atoms with Crippen molar-refractivity contribution >= 4 is 5.91 Å². The fraction of sp³-hybridized carbons (Fsp3) is 0.696. The molecule has 3 aliphatic rings. The minimum absolute atomic E-state index is 0.356. The molecule has 0 saturated carbocycles. The van der Waals surface area contributed by atoms with E-state index in [1.807, 2.05) is 0 Å². The van der Waals surface area contributed by atoms with Crippen LogP contribution in [0.15, 0.2) is 24.3 Å². The molecule has 1 aromatic rings. The van der Waals surface area contributed by atoms with Gasteiger partial charge in [-0.15, -0.1) is 0 Å². The summed E-state index contributed by atoms with van der Waals surface area (Å²) in [5.74, 6) is 0.829. The number of rotatable bonds is 5. The van der Waals surface area contributed by atoms with Crippen molar-refractivity contribution in [2.75, 3.05) is 59.5 Å². The molecule has 1 atom stereocenters. The average Bonchev–Trinajstić information content (AvgIpc) is 3.14. The van der Waals surface area contributed by atoms with Gasteiger partial charge in [0.05, 0.1) is 6.61 Å². The Morgan fingerprint density at radius 3 is 2.39 bits per heavy atom. The SMILES string of the molecule is CCN1CCN(C2(C(=O)N3CCC[C@H](COC)C3)Cc3ccccc3C2)CC1. The van der Waals surface area contributed by atoms with E-state index in [1.165, 1.54) is 17.5 Å². The Labute approximate surface area is 169 Å². The van der Waals surface area contributed by atoms with Crippen LogP contribution in [0.1, 0.15) is 30.9 Å². The number of carbonyl (C=O) groups is 1. The normalized spacial score (nSPS) is 25.6. The van der Waals surface area contributed by atoms with Gasteiger partial charge in [0.2, 0.25) is 5.91 Å². The van der Waals surface area contributed by atoms with Crippen LogP contribution >= 0.6 is 0 Å². The maximum Gasteiger partial charge on any atom is 0.243 e. The Balaban J connectivity index is 1.58. The second-order valence-electron chi connectivity index (χ2n) is 8.79. The van der Waals surface area contributed by atoms with Gasteiger partial charge in [-0.2, -0.15) is 0 Å². The molecule has 0 unspecified atom stereocenters. The molecule has 1 aliphatic carbocycles. The monoisotopic (exact) mass is 385 g/mol. The second kappa shape index (κ2) is 8.52. The summed E-state index contributed by atoms with van der Waals surface area (Å²) in [7, 11) is 1.77. The van der Waals surface area contributed by atoms with Gasteiger partial charge in [-0.05, 0) is 36.4 Å². The van der Waals surface area contributed by atoms with Crippen molar-refractivity contribution in [2.45, 2.75) is 38.1 Å². The molecule has 4 rings (SSSR count). The van der Waals surface area contributed by atoms with Crippen LogP contribution in [0.25, 0.3) is 0 Å². The van der Waals surface area contributed by atoms with E-state index in [1.54, 1.807) is 7.11 Å². The van der Waals surface area contributed by atoms with Crippen molar-refractivity contribution in [1.82, 2.24) is 14.7 Å². The smallest absolute Gasteiger partial charge is 0.243 e. The molecular formula is C23H35N3O2. The number of likely N-dealkylation sites (N-methyl/N-ethyl adjacent to an activating group) is 1. The zero-order valence-electron chi connectivity index (χ0n) is 17.5. The minimum atomic E-state index is -0.390. The molecule has 5 nitrogen and oxygen atoms in total. The van der Waals surface area contributed by atoms with E-state index in [0.29, 0.717) is 11.8 Å². The van der Waals surface area contributed by atoms with Gasteiger partial charge in [-0.3, -0.25) is 9.69 Å². The van der Waals surface area contributed by atoms with Crippen molar-refractivity contribution in [3.63, 3.8) is 0 Å². The maximum absolute atomic E-state index is 14.0. The van der Waals surface area contributed by atoms with Gasteiger partial charge in [-0.25, -0.2) is 0 Å². The number of piperidine rings is 1. The van der Waals surface area contributed by atoms with Crippen molar-refractivity contribution in [2.24, 2.45) is 5.92 Å². The lowest BCUT2D eigenvalue weighted by atomic mass is 9.88. The number of hydrogen-bond acceptors (Lipinski definition) is 4. The molecule has 2 saturated heterocycles. The number of carbonyl (C=O) groups excluding carboxylic acids is 1. The highest BCUT2D eigenvalue weighted by Gasteiger charge is 2.51. The van der Waals surface area contributed by atoms with Crippen molar-refractivity contribution in [3.05, 3.63) is 35.4 Å². The zero-order chi connectivity index (χ0) is 19.6. The lowest BCUT2D eigenvalue weighted by molar-refractivity contribution is -0.148. The van der Waals surface area contributed by atoms with E-state index in [4.69, 9.17) is 4.74 Å². The van der Waals surface area contributed by atoms with Crippen LogP contribution in [0.2, 0.25) is 0 Å². The lowest BCUT2D eigenvalue weighted by Crippen LogP contribution is -2.65. The van der Waals surface area contributed by atoms with Crippen LogP contribution in [0.3, 0.4) is 0 Å². The van der Waals surface area contributed by atoms with Crippen molar-refractivity contribution in [3.8, 4) is 0 Å². The predicted octanol–water partition coefficient (Wildman–Crippen LogP) is 2.05. The van der Waals surface area contributed by atoms with Crippen LogP contribution in [-0.2, 0) is 22.4 Å². The summed E-state index contributed by atoms with van der Waals surface area (Å²) in [6.07, 6.45) is 3.98. The van der Waals surface area contributed by atoms with Crippen molar-refractivity contribution < 1.29 is 9.53 Å². The molecular weight excluding hydrogens is 350 g/mol. The first kappa shape index (κ1) is 19.9. The summed E-state index contributed by atoms with van der Waals surface area (Å²) >= 11 is 0. The van der Waals surface area contributed by atoms with E-state index >= 15 is 0 Å². The minimum Gasteiger partial charge on any atom is -0.384 e. The fourth-order valence-electron chi connectivity index (χ4n) is 5.51. The first-order chi connectivity index (χ1) is 13.7. The van der Waals surface area contributed by atoms with E-state index < -0.39 is 5.54 Å². The number of hydrogen-bond donors (Lipinski definition) is 0. The van der Waals surface area contributed by atoms with Crippen LogP contribution < -0.4 is 0 Å². The number of ether oxygens (including phenoxy) is 1. The molecule has 0 aromatic heterocycles. The molecule has 2 aliphatic heterocycles. The highest BCUT2D eigenvalue weighted by molar-refractivity contribution is 5.88. The fourth-order valence-corrected chi connectivity index (χ4v) is 5.51. The molecule has 0 spiro atoms. The quantitative estimate of drug-likeness (QED) is 0.777. The van der Waals surface area contributed by atoms with Gasteiger partial charge < -0.3 is 14.5 Å². The second-order valence-corrected chi connectivity index (χ2v) is 8.79. The first-order valence-electron chi connectivity index (χ1n) is 11.0. The van der Waals surface area contributed by atoms with Crippen LogP contribution in [-0.4, -0.2) is 85.7 Å². The molecule has 154 valence electrons. The Morgan fingerprint density at radius 2 is 1.79 bits per heavy atom. The van der Waals surface area contributed by atoms with Crippen LogP contribution in [0.4, 0.5) is 0 Å². The van der Waals surface area contributed by atoms with Crippen LogP contribution in [0.5, 0.6) is 0 Å². The summed E-state index contributed by atoms with van der Waals surface area (Å²) in [5, 5.41) is 0. The number of likely N-dealkylation sites (tertiary alicyclic amines) is 1. The zero-order valence-corrected chi connectivity index (χ0v) is 17.5. The summed E-state index contributed by atoms with van der Waals surface area (Å²) in [6, 6.07) is 8.67. The van der Waals surface area contributed by atoms with Gasteiger partial charge in [-0.1, -0.05) is 31.2 Å².